The lowest BCUT2D eigenvalue weighted by atomic mass is 10.1. The average Bonchev–Trinajstić information content (AvgIpc) is 2.23. The van der Waals surface area contributed by atoms with E-state index in [4.69, 9.17) is 0 Å². The van der Waals surface area contributed by atoms with E-state index in [1.807, 2.05) is 0 Å². The SMILES string of the molecule is CCCCCC(Br)c1cc(F)c(F)cc1F. The van der Waals surface area contributed by atoms with Gasteiger partial charge in [-0.15, -0.1) is 0 Å². The topological polar surface area (TPSA) is 0 Å². The summed E-state index contributed by atoms with van der Waals surface area (Å²) in [5, 5.41) is 0. The predicted molar refractivity (Wildman–Crippen MR) is 62.1 cm³/mol. The third kappa shape index (κ3) is 3.51. The highest BCUT2D eigenvalue weighted by Gasteiger charge is 2.16. The van der Waals surface area contributed by atoms with Gasteiger partial charge in [-0.1, -0.05) is 42.1 Å². The Balaban J connectivity index is 2.75. The van der Waals surface area contributed by atoms with E-state index in [2.05, 4.69) is 22.9 Å². The first-order valence-electron chi connectivity index (χ1n) is 5.34. The fourth-order valence-electron chi connectivity index (χ4n) is 1.51. The molecule has 90 valence electrons. The van der Waals surface area contributed by atoms with Crippen molar-refractivity contribution in [1.29, 1.82) is 0 Å². The Labute approximate surface area is 102 Å². The van der Waals surface area contributed by atoms with E-state index < -0.39 is 17.5 Å². The summed E-state index contributed by atoms with van der Waals surface area (Å²) < 4.78 is 39.0. The first-order chi connectivity index (χ1) is 7.56. The van der Waals surface area contributed by atoms with E-state index in [1.165, 1.54) is 0 Å². The van der Waals surface area contributed by atoms with Crippen molar-refractivity contribution in [2.75, 3.05) is 0 Å². The third-order valence-corrected chi connectivity index (χ3v) is 3.39. The lowest BCUT2D eigenvalue weighted by Crippen LogP contribution is -1.98. The van der Waals surface area contributed by atoms with Crippen LogP contribution in [0.3, 0.4) is 0 Å². The van der Waals surface area contributed by atoms with Gasteiger partial charge in [0.15, 0.2) is 11.6 Å². The zero-order valence-corrected chi connectivity index (χ0v) is 10.7. The molecule has 0 aromatic heterocycles. The molecule has 1 aromatic rings. The van der Waals surface area contributed by atoms with Crippen LogP contribution in [-0.2, 0) is 0 Å². The summed E-state index contributed by atoms with van der Waals surface area (Å²) in [5.41, 5.74) is 0.190. The van der Waals surface area contributed by atoms with Crippen molar-refractivity contribution in [3.05, 3.63) is 35.1 Å². The summed E-state index contributed by atoms with van der Waals surface area (Å²) in [6.07, 6.45) is 3.77. The van der Waals surface area contributed by atoms with Crippen molar-refractivity contribution in [3.63, 3.8) is 0 Å². The molecule has 0 saturated carbocycles. The van der Waals surface area contributed by atoms with Crippen LogP contribution in [0.2, 0.25) is 0 Å². The molecule has 0 aliphatic rings. The number of hydrogen-bond acceptors (Lipinski definition) is 0. The molecular weight excluding hydrogens is 281 g/mol. The van der Waals surface area contributed by atoms with Crippen LogP contribution in [0.5, 0.6) is 0 Å². The maximum Gasteiger partial charge on any atom is 0.161 e. The van der Waals surface area contributed by atoms with Crippen molar-refractivity contribution < 1.29 is 13.2 Å². The van der Waals surface area contributed by atoms with E-state index >= 15 is 0 Å². The molecule has 0 radical (unpaired) electrons. The Bertz CT molecular complexity index is 352. The molecule has 0 saturated heterocycles. The Morgan fingerprint density at radius 1 is 1.06 bits per heavy atom. The predicted octanol–water partition coefficient (Wildman–Crippen LogP) is 5.12. The van der Waals surface area contributed by atoms with Crippen molar-refractivity contribution in [2.45, 2.75) is 37.4 Å². The molecule has 0 nitrogen and oxygen atoms in total. The lowest BCUT2D eigenvalue weighted by molar-refractivity contribution is 0.488. The Morgan fingerprint density at radius 2 is 1.69 bits per heavy atom. The maximum absolute atomic E-state index is 13.4. The minimum absolute atomic E-state index is 0.190. The number of hydrogen-bond donors (Lipinski definition) is 0. The fraction of sp³-hybridized carbons (Fsp3) is 0.500. The smallest absolute Gasteiger partial charge is 0.161 e. The van der Waals surface area contributed by atoms with Crippen LogP contribution >= 0.6 is 15.9 Å². The van der Waals surface area contributed by atoms with E-state index in [-0.39, 0.29) is 10.4 Å². The molecule has 0 heterocycles. The lowest BCUT2D eigenvalue weighted by Gasteiger charge is -2.11. The van der Waals surface area contributed by atoms with Gasteiger partial charge >= 0.3 is 0 Å². The molecule has 1 rings (SSSR count). The van der Waals surface area contributed by atoms with Gasteiger partial charge in [0.05, 0.1) is 0 Å². The van der Waals surface area contributed by atoms with Gasteiger partial charge in [0.2, 0.25) is 0 Å². The molecule has 0 amide bonds. The Hall–Kier alpha value is -0.510. The summed E-state index contributed by atoms with van der Waals surface area (Å²) >= 11 is 3.30. The largest absolute Gasteiger partial charge is 0.207 e. The molecule has 0 fully saturated rings. The second-order valence-electron chi connectivity index (χ2n) is 3.75. The van der Waals surface area contributed by atoms with Crippen LogP contribution in [-0.4, -0.2) is 0 Å². The molecule has 0 aliphatic carbocycles. The summed E-state index contributed by atoms with van der Waals surface area (Å²) in [4.78, 5) is -0.255. The van der Waals surface area contributed by atoms with Crippen LogP contribution in [0.4, 0.5) is 13.2 Å². The summed E-state index contributed by atoms with van der Waals surface area (Å²) in [6, 6.07) is 1.52. The van der Waals surface area contributed by atoms with E-state index in [9.17, 15) is 13.2 Å². The normalized spacial score (nSPS) is 12.8. The van der Waals surface area contributed by atoms with Gasteiger partial charge < -0.3 is 0 Å². The van der Waals surface area contributed by atoms with Crippen molar-refractivity contribution in [2.24, 2.45) is 0 Å². The quantitative estimate of drug-likeness (QED) is 0.402. The van der Waals surface area contributed by atoms with E-state index in [1.54, 1.807) is 0 Å². The summed E-state index contributed by atoms with van der Waals surface area (Å²) in [6.45, 7) is 2.07. The number of unbranched alkanes of at least 4 members (excludes halogenated alkanes) is 2. The second-order valence-corrected chi connectivity index (χ2v) is 4.86. The average molecular weight is 295 g/mol. The molecule has 0 bridgehead atoms. The fourth-order valence-corrected chi connectivity index (χ4v) is 2.18. The van der Waals surface area contributed by atoms with Crippen LogP contribution in [0, 0.1) is 17.5 Å². The first-order valence-corrected chi connectivity index (χ1v) is 6.26. The standard InChI is InChI=1S/C12H14BrF3/c1-2-3-4-5-9(13)8-6-11(15)12(16)7-10(8)14/h6-7,9H,2-5H2,1H3. The highest BCUT2D eigenvalue weighted by atomic mass is 79.9. The molecule has 4 heteroatoms. The molecule has 0 aliphatic heterocycles. The van der Waals surface area contributed by atoms with Gasteiger partial charge in [-0.2, -0.15) is 0 Å². The maximum atomic E-state index is 13.4. The molecule has 0 spiro atoms. The monoisotopic (exact) mass is 294 g/mol. The Kier molecular flexibility index (Phi) is 5.32. The Morgan fingerprint density at radius 3 is 2.31 bits per heavy atom. The minimum Gasteiger partial charge on any atom is -0.207 e. The van der Waals surface area contributed by atoms with Gasteiger partial charge in [0.25, 0.3) is 0 Å². The van der Waals surface area contributed by atoms with Crippen molar-refractivity contribution in [3.8, 4) is 0 Å². The minimum atomic E-state index is -1.14. The van der Waals surface area contributed by atoms with E-state index in [0.717, 1.165) is 31.7 Å². The van der Waals surface area contributed by atoms with Crippen LogP contribution in [0.15, 0.2) is 12.1 Å². The van der Waals surface area contributed by atoms with Gasteiger partial charge in [0.1, 0.15) is 5.82 Å². The molecule has 1 atom stereocenters. The van der Waals surface area contributed by atoms with Crippen molar-refractivity contribution in [1.82, 2.24) is 0 Å². The molecular formula is C12H14BrF3. The number of alkyl halides is 1. The number of rotatable bonds is 5. The summed E-state index contributed by atoms with van der Waals surface area (Å²) in [7, 11) is 0. The van der Waals surface area contributed by atoms with E-state index in [0.29, 0.717) is 6.07 Å². The molecule has 16 heavy (non-hydrogen) atoms. The van der Waals surface area contributed by atoms with Crippen LogP contribution < -0.4 is 0 Å². The highest BCUT2D eigenvalue weighted by molar-refractivity contribution is 9.09. The van der Waals surface area contributed by atoms with Gasteiger partial charge in [-0.25, -0.2) is 13.2 Å². The van der Waals surface area contributed by atoms with Gasteiger partial charge in [-0.05, 0) is 12.5 Å². The van der Waals surface area contributed by atoms with Gasteiger partial charge in [0, 0.05) is 16.5 Å². The third-order valence-electron chi connectivity index (χ3n) is 2.44. The number of benzene rings is 1. The van der Waals surface area contributed by atoms with Crippen LogP contribution in [0.1, 0.15) is 43.0 Å². The zero-order valence-electron chi connectivity index (χ0n) is 9.07. The first kappa shape index (κ1) is 13.6. The van der Waals surface area contributed by atoms with Crippen molar-refractivity contribution >= 4 is 15.9 Å². The zero-order chi connectivity index (χ0) is 12.1. The molecule has 1 unspecified atom stereocenters. The molecule has 0 N–H and O–H groups in total. The second kappa shape index (κ2) is 6.28. The van der Waals surface area contributed by atoms with Gasteiger partial charge in [-0.3, -0.25) is 0 Å². The summed E-state index contributed by atoms with van der Waals surface area (Å²) in [5.74, 6) is -2.84. The number of halogens is 4. The highest BCUT2D eigenvalue weighted by Crippen LogP contribution is 2.31. The molecule has 1 aromatic carbocycles. The van der Waals surface area contributed by atoms with Crippen LogP contribution in [0.25, 0.3) is 0 Å².